The molecular weight excluding hydrogens is 449 g/mol. The largest absolute Gasteiger partial charge is 0.496 e. The second-order valence-corrected chi connectivity index (χ2v) is 9.48. The van der Waals surface area contributed by atoms with Crippen molar-refractivity contribution in [2.24, 2.45) is 0 Å². The third-order valence-corrected chi connectivity index (χ3v) is 7.30. The molecule has 3 aliphatic rings. The van der Waals surface area contributed by atoms with Gasteiger partial charge in [-0.25, -0.2) is 13.9 Å². The van der Waals surface area contributed by atoms with Crippen LogP contribution in [0.4, 0.5) is 10.2 Å². The van der Waals surface area contributed by atoms with Crippen LogP contribution in [0.25, 0.3) is 5.65 Å². The number of aliphatic hydroxyl groups is 1. The molecule has 3 heterocycles. The van der Waals surface area contributed by atoms with Gasteiger partial charge < -0.3 is 20.1 Å². The van der Waals surface area contributed by atoms with Crippen molar-refractivity contribution in [1.29, 1.82) is 0 Å². The van der Waals surface area contributed by atoms with Gasteiger partial charge in [-0.15, -0.1) is 0 Å². The number of carbonyl (C=O) groups is 1. The maximum atomic E-state index is 14.6. The van der Waals surface area contributed by atoms with Crippen molar-refractivity contribution < 1.29 is 19.0 Å². The van der Waals surface area contributed by atoms with E-state index in [1.807, 2.05) is 6.07 Å². The van der Waals surface area contributed by atoms with Crippen LogP contribution in [0.3, 0.4) is 0 Å². The molecule has 0 radical (unpaired) electrons. The van der Waals surface area contributed by atoms with Gasteiger partial charge >= 0.3 is 0 Å². The number of aromatic nitrogens is 3. The Kier molecular flexibility index (Phi) is 6.60. The molecule has 1 aliphatic heterocycles. The Balaban J connectivity index is 1.46. The second kappa shape index (κ2) is 9.81. The molecule has 0 spiro atoms. The number of rotatable bonds is 6. The van der Waals surface area contributed by atoms with E-state index < -0.39 is 0 Å². The minimum absolute atomic E-state index is 0.0456. The maximum Gasteiger partial charge on any atom is 0.256 e. The Hall–Kier alpha value is -3.20. The third-order valence-electron chi connectivity index (χ3n) is 7.30. The molecule has 186 valence electrons. The van der Waals surface area contributed by atoms with Crippen LogP contribution in [0.15, 0.2) is 53.3 Å². The molecule has 8 nitrogen and oxygen atoms in total. The van der Waals surface area contributed by atoms with Crippen LogP contribution in [-0.4, -0.2) is 57.5 Å². The molecule has 0 bridgehead atoms. The summed E-state index contributed by atoms with van der Waals surface area (Å²) in [5, 5.41) is 17.1. The van der Waals surface area contributed by atoms with Crippen molar-refractivity contribution in [3.8, 4) is 0 Å². The number of allylic oxidation sites excluding steroid dienone is 4. The average Bonchev–Trinajstić information content (AvgIpc) is 3.57. The highest BCUT2D eigenvalue weighted by molar-refractivity contribution is 6.00. The summed E-state index contributed by atoms with van der Waals surface area (Å²) in [7, 11) is 1.65. The van der Waals surface area contributed by atoms with Crippen molar-refractivity contribution in [1.82, 2.24) is 19.9 Å². The normalized spacial score (nSPS) is 25.0. The van der Waals surface area contributed by atoms with E-state index in [-0.39, 0.29) is 29.9 Å². The van der Waals surface area contributed by atoms with E-state index in [0.717, 1.165) is 49.1 Å². The lowest BCUT2D eigenvalue weighted by Gasteiger charge is -2.29. The molecule has 2 fully saturated rings. The summed E-state index contributed by atoms with van der Waals surface area (Å²) in [6.45, 7) is 2.83. The molecule has 3 atom stereocenters. The van der Waals surface area contributed by atoms with Crippen molar-refractivity contribution in [2.75, 3.05) is 18.6 Å². The van der Waals surface area contributed by atoms with Crippen LogP contribution in [0.2, 0.25) is 0 Å². The van der Waals surface area contributed by atoms with E-state index in [4.69, 9.17) is 9.72 Å². The molecule has 35 heavy (non-hydrogen) atoms. The van der Waals surface area contributed by atoms with Crippen LogP contribution >= 0.6 is 0 Å². The number of nitrogens with zero attached hydrogens (tertiary/aromatic N) is 4. The van der Waals surface area contributed by atoms with Crippen LogP contribution in [0.5, 0.6) is 0 Å². The van der Waals surface area contributed by atoms with E-state index in [9.17, 15) is 14.3 Å². The van der Waals surface area contributed by atoms with Gasteiger partial charge in [0.2, 0.25) is 0 Å². The first-order chi connectivity index (χ1) is 17.0. The Morgan fingerprint density at radius 3 is 2.94 bits per heavy atom. The first kappa shape index (κ1) is 23.5. The van der Waals surface area contributed by atoms with Gasteiger partial charge in [0.15, 0.2) is 5.65 Å². The molecule has 1 amide bonds. The summed E-state index contributed by atoms with van der Waals surface area (Å²) in [4.78, 5) is 20.0. The number of hydrogen-bond acceptors (Lipinski definition) is 6. The predicted octanol–water partition coefficient (Wildman–Crippen LogP) is 3.84. The number of hydrogen-bond donors (Lipinski definition) is 2. The fraction of sp³-hybridized carbons (Fsp3) is 0.500. The Morgan fingerprint density at radius 1 is 1.34 bits per heavy atom. The molecule has 1 saturated carbocycles. The van der Waals surface area contributed by atoms with Gasteiger partial charge in [0.05, 0.1) is 25.5 Å². The maximum absolute atomic E-state index is 14.6. The Morgan fingerprint density at radius 2 is 2.20 bits per heavy atom. The molecule has 0 aromatic carbocycles. The smallest absolute Gasteiger partial charge is 0.256 e. The molecule has 9 heteroatoms. The summed E-state index contributed by atoms with van der Waals surface area (Å²) >= 11 is 0. The van der Waals surface area contributed by atoms with Gasteiger partial charge in [0.1, 0.15) is 23.0 Å². The molecular formula is C26H32FN5O3. The van der Waals surface area contributed by atoms with E-state index in [1.165, 1.54) is 6.20 Å². The number of methoxy groups -OCH3 is 1. The standard InChI is InChI=1S/C26H32FN5O3/c1-3-16-6-7-17(27)13-20(24(16)35-2)22-5-4-11-31(22)23-10-12-32-25(30-23)21(15-28-32)26(34)29-18-8-9-19(33)14-18/h7,10,12-13,15,18-19,22,33H,3-6,8-9,11,14H2,1-2H3,(H,29,34). The zero-order valence-electron chi connectivity index (χ0n) is 20.2. The van der Waals surface area contributed by atoms with Crippen LogP contribution < -0.4 is 10.2 Å². The zero-order valence-corrected chi connectivity index (χ0v) is 20.2. The monoisotopic (exact) mass is 481 g/mol. The first-order valence-electron chi connectivity index (χ1n) is 12.4. The number of fused-ring (bicyclic) bond motifs is 1. The SMILES string of the molecule is CCC1=C(OC)C(C2CCCN2c2ccn3ncc(C(=O)NC4CCC(O)C4)c3n2)=CC(F)=CC1. The van der Waals surface area contributed by atoms with Crippen molar-refractivity contribution in [3.05, 3.63) is 58.9 Å². The number of carbonyl (C=O) groups excluding carboxylic acids is 1. The van der Waals surface area contributed by atoms with Gasteiger partial charge in [-0.1, -0.05) is 6.92 Å². The summed E-state index contributed by atoms with van der Waals surface area (Å²) in [6, 6.07) is 1.75. The van der Waals surface area contributed by atoms with E-state index >= 15 is 0 Å². The number of ether oxygens (including phenoxy) is 1. The van der Waals surface area contributed by atoms with E-state index in [1.54, 1.807) is 30.0 Å². The minimum Gasteiger partial charge on any atom is -0.496 e. The lowest BCUT2D eigenvalue weighted by atomic mass is 9.98. The molecule has 2 aromatic heterocycles. The Bertz CT molecular complexity index is 1220. The summed E-state index contributed by atoms with van der Waals surface area (Å²) in [5.41, 5.74) is 2.79. The molecule has 5 rings (SSSR count). The molecule has 2 N–H and O–H groups in total. The van der Waals surface area contributed by atoms with Crippen molar-refractivity contribution in [3.63, 3.8) is 0 Å². The highest BCUT2D eigenvalue weighted by atomic mass is 19.1. The van der Waals surface area contributed by atoms with Crippen LogP contribution in [-0.2, 0) is 4.74 Å². The van der Waals surface area contributed by atoms with Gasteiger partial charge in [-0.05, 0) is 68.7 Å². The molecule has 2 aromatic rings. The van der Waals surface area contributed by atoms with Crippen LogP contribution in [0, 0.1) is 0 Å². The lowest BCUT2D eigenvalue weighted by molar-refractivity contribution is 0.0935. The number of anilines is 1. The van der Waals surface area contributed by atoms with E-state index in [0.29, 0.717) is 36.3 Å². The summed E-state index contributed by atoms with van der Waals surface area (Å²) in [5.74, 6) is 0.990. The summed E-state index contributed by atoms with van der Waals surface area (Å²) < 4.78 is 22.0. The lowest BCUT2D eigenvalue weighted by Crippen LogP contribution is -2.34. The predicted molar refractivity (Wildman–Crippen MR) is 131 cm³/mol. The van der Waals surface area contributed by atoms with Gasteiger partial charge in [0, 0.05) is 24.4 Å². The number of aliphatic hydroxyl groups excluding tert-OH is 1. The van der Waals surface area contributed by atoms with Crippen LogP contribution in [0.1, 0.15) is 62.2 Å². The van der Waals surface area contributed by atoms with Crippen molar-refractivity contribution >= 4 is 17.4 Å². The van der Waals surface area contributed by atoms with E-state index in [2.05, 4.69) is 22.2 Å². The molecule has 2 aliphatic carbocycles. The van der Waals surface area contributed by atoms with Gasteiger partial charge in [-0.2, -0.15) is 5.10 Å². The number of amides is 1. The average molecular weight is 482 g/mol. The molecule has 3 unspecified atom stereocenters. The first-order valence-corrected chi connectivity index (χ1v) is 12.4. The zero-order chi connectivity index (χ0) is 24.5. The minimum atomic E-state index is -0.363. The summed E-state index contributed by atoms with van der Waals surface area (Å²) in [6.07, 6.45) is 11.3. The number of nitrogens with one attached hydrogen (secondary N) is 1. The topological polar surface area (TPSA) is 92.0 Å². The molecule has 1 saturated heterocycles. The Labute approximate surface area is 204 Å². The van der Waals surface area contributed by atoms with Crippen molar-refractivity contribution in [2.45, 2.75) is 70.1 Å². The van der Waals surface area contributed by atoms with Gasteiger partial charge in [0.25, 0.3) is 5.91 Å². The highest BCUT2D eigenvalue weighted by Gasteiger charge is 2.33. The second-order valence-electron chi connectivity index (χ2n) is 9.48. The quantitative estimate of drug-likeness (QED) is 0.652. The highest BCUT2D eigenvalue weighted by Crippen LogP contribution is 2.37. The fourth-order valence-corrected chi connectivity index (χ4v) is 5.50. The van der Waals surface area contributed by atoms with Gasteiger partial charge in [-0.3, -0.25) is 4.79 Å². The fourth-order valence-electron chi connectivity index (χ4n) is 5.50. The number of halogens is 1. The third kappa shape index (κ3) is 4.57.